The van der Waals surface area contributed by atoms with Crippen LogP contribution in [0.1, 0.15) is 5.56 Å². The Morgan fingerprint density at radius 1 is 0.815 bits per heavy atom. The maximum atomic E-state index is 14.5. The van der Waals surface area contributed by atoms with Crippen molar-refractivity contribution in [1.29, 1.82) is 0 Å². The van der Waals surface area contributed by atoms with Crippen LogP contribution >= 0.6 is 7.14 Å². The molecule has 0 aliphatic carbocycles. The molecule has 3 aromatic rings. The van der Waals surface area contributed by atoms with Crippen molar-refractivity contribution < 1.29 is 14.5 Å². The minimum absolute atomic E-state index is 0.0768. The standard InChI is InChI=1S/C22H18NO3P/c24-22(25)23-16-20(15-17-9-7-8-14-21(17)23)27(26,18-10-3-1-4-11-18)19-12-5-2-6-13-19/h1-15H,16H2,(H,24,25). The number of anilines is 1. The number of para-hydroxylation sites is 1. The minimum Gasteiger partial charge on any atom is -0.465 e. The number of nitrogens with zero attached hydrogens (tertiary/aromatic N) is 1. The molecule has 0 unspecified atom stereocenters. The maximum Gasteiger partial charge on any atom is 0.412 e. The third-order valence-corrected chi connectivity index (χ3v) is 7.87. The highest BCUT2D eigenvalue weighted by atomic mass is 31.2. The summed E-state index contributed by atoms with van der Waals surface area (Å²) in [5.74, 6) is 0. The zero-order valence-corrected chi connectivity index (χ0v) is 15.4. The first kappa shape index (κ1) is 17.3. The molecule has 1 aliphatic heterocycles. The van der Waals surface area contributed by atoms with Gasteiger partial charge in [0.1, 0.15) is 0 Å². The highest BCUT2D eigenvalue weighted by Crippen LogP contribution is 2.54. The largest absolute Gasteiger partial charge is 0.465 e. The molecule has 1 heterocycles. The first-order valence-electron chi connectivity index (χ1n) is 8.62. The lowest BCUT2D eigenvalue weighted by atomic mass is 10.1. The quantitative estimate of drug-likeness (QED) is 0.684. The Morgan fingerprint density at radius 3 is 1.89 bits per heavy atom. The predicted molar refractivity (Wildman–Crippen MR) is 110 cm³/mol. The van der Waals surface area contributed by atoms with Crippen LogP contribution in [0.15, 0.2) is 90.2 Å². The molecule has 0 atom stereocenters. The fourth-order valence-corrected chi connectivity index (χ4v) is 6.25. The Labute approximate surface area is 157 Å². The monoisotopic (exact) mass is 375 g/mol. The minimum atomic E-state index is -3.18. The van der Waals surface area contributed by atoms with Gasteiger partial charge in [0.2, 0.25) is 0 Å². The molecule has 27 heavy (non-hydrogen) atoms. The van der Waals surface area contributed by atoms with Crippen LogP contribution in [-0.4, -0.2) is 17.7 Å². The van der Waals surface area contributed by atoms with Crippen molar-refractivity contribution in [3.63, 3.8) is 0 Å². The molecule has 0 bridgehead atoms. The van der Waals surface area contributed by atoms with Crippen LogP contribution in [0, 0.1) is 0 Å². The van der Waals surface area contributed by atoms with Crippen LogP contribution in [-0.2, 0) is 4.57 Å². The van der Waals surface area contributed by atoms with Crippen LogP contribution in [0.2, 0.25) is 0 Å². The molecule has 0 aromatic heterocycles. The number of rotatable bonds is 3. The number of carbonyl (C=O) groups is 1. The van der Waals surface area contributed by atoms with Crippen molar-refractivity contribution in [3.8, 4) is 0 Å². The Balaban J connectivity index is 1.96. The van der Waals surface area contributed by atoms with E-state index in [0.717, 1.165) is 5.56 Å². The lowest BCUT2D eigenvalue weighted by molar-refractivity contribution is 0.202. The van der Waals surface area contributed by atoms with Gasteiger partial charge in [0.05, 0.1) is 12.2 Å². The smallest absolute Gasteiger partial charge is 0.412 e. The Bertz CT molecular complexity index is 1020. The number of hydrogen-bond acceptors (Lipinski definition) is 2. The van der Waals surface area contributed by atoms with Gasteiger partial charge >= 0.3 is 6.09 Å². The molecule has 0 radical (unpaired) electrons. The number of carboxylic acid groups (broad SMARTS) is 1. The average molecular weight is 375 g/mol. The Hall–Kier alpha value is -3.10. The van der Waals surface area contributed by atoms with Gasteiger partial charge in [0.25, 0.3) is 0 Å². The average Bonchev–Trinajstić information content (AvgIpc) is 2.73. The first-order valence-corrected chi connectivity index (χ1v) is 10.3. The molecule has 0 saturated heterocycles. The summed E-state index contributed by atoms with van der Waals surface area (Å²) in [6, 6.07) is 25.9. The van der Waals surface area contributed by atoms with Crippen molar-refractivity contribution in [2.24, 2.45) is 0 Å². The van der Waals surface area contributed by atoms with Crippen molar-refractivity contribution in [2.45, 2.75) is 0 Å². The van der Waals surface area contributed by atoms with E-state index in [9.17, 15) is 14.5 Å². The van der Waals surface area contributed by atoms with Crippen molar-refractivity contribution in [3.05, 3.63) is 95.8 Å². The normalized spacial score (nSPS) is 13.6. The summed E-state index contributed by atoms with van der Waals surface area (Å²) in [5, 5.41) is 11.7. The van der Waals surface area contributed by atoms with E-state index in [4.69, 9.17) is 0 Å². The van der Waals surface area contributed by atoms with Crippen LogP contribution in [0.4, 0.5) is 10.5 Å². The molecular formula is C22H18NO3P. The molecular weight excluding hydrogens is 357 g/mol. The number of fused-ring (bicyclic) bond motifs is 1. The van der Waals surface area contributed by atoms with Gasteiger partial charge in [-0.05, 0) is 17.7 Å². The predicted octanol–water partition coefficient (Wildman–Crippen LogP) is 4.54. The van der Waals surface area contributed by atoms with E-state index in [1.165, 1.54) is 4.90 Å². The Morgan fingerprint density at radius 2 is 1.33 bits per heavy atom. The van der Waals surface area contributed by atoms with Crippen LogP contribution in [0.25, 0.3) is 6.08 Å². The van der Waals surface area contributed by atoms with Gasteiger partial charge < -0.3 is 9.67 Å². The molecule has 0 spiro atoms. The third kappa shape index (κ3) is 2.98. The van der Waals surface area contributed by atoms with Crippen LogP contribution in [0.3, 0.4) is 0 Å². The molecule has 4 nitrogen and oxygen atoms in total. The summed E-state index contributed by atoms with van der Waals surface area (Å²) in [4.78, 5) is 13.1. The molecule has 1 N–H and O–H groups in total. The van der Waals surface area contributed by atoms with Gasteiger partial charge in [-0.2, -0.15) is 0 Å². The lowest BCUT2D eigenvalue weighted by Crippen LogP contribution is -2.35. The summed E-state index contributed by atoms with van der Waals surface area (Å²) < 4.78 is 14.5. The van der Waals surface area contributed by atoms with Gasteiger partial charge in [-0.15, -0.1) is 0 Å². The van der Waals surface area contributed by atoms with E-state index in [1.807, 2.05) is 84.9 Å². The van der Waals surface area contributed by atoms with E-state index in [2.05, 4.69) is 0 Å². The zero-order chi connectivity index (χ0) is 18.9. The lowest BCUT2D eigenvalue weighted by Gasteiger charge is -2.31. The Kier molecular flexibility index (Phi) is 4.43. The van der Waals surface area contributed by atoms with Crippen molar-refractivity contribution in [1.82, 2.24) is 0 Å². The van der Waals surface area contributed by atoms with Crippen molar-refractivity contribution in [2.75, 3.05) is 11.4 Å². The van der Waals surface area contributed by atoms with Gasteiger partial charge in [-0.3, -0.25) is 4.90 Å². The highest BCUT2D eigenvalue weighted by Gasteiger charge is 2.36. The van der Waals surface area contributed by atoms with Crippen molar-refractivity contribution >= 4 is 35.6 Å². The fraction of sp³-hybridized carbons (Fsp3) is 0.0455. The molecule has 134 valence electrons. The molecule has 5 heteroatoms. The molecule has 4 rings (SSSR count). The SMILES string of the molecule is O=C(O)N1CC(P(=O)(c2ccccc2)c2ccccc2)=Cc2ccccc21. The van der Waals surface area contributed by atoms with Crippen LogP contribution in [0.5, 0.6) is 0 Å². The van der Waals surface area contributed by atoms with E-state index < -0.39 is 13.2 Å². The summed E-state index contributed by atoms with van der Waals surface area (Å²) in [6.07, 6.45) is 0.830. The molecule has 3 aromatic carbocycles. The van der Waals surface area contributed by atoms with Gasteiger partial charge in [-0.1, -0.05) is 78.9 Å². The summed E-state index contributed by atoms with van der Waals surface area (Å²) in [7, 11) is -3.18. The maximum absolute atomic E-state index is 14.5. The molecule has 1 amide bonds. The number of amides is 1. The highest BCUT2D eigenvalue weighted by molar-refractivity contribution is 7.82. The zero-order valence-electron chi connectivity index (χ0n) is 14.5. The number of benzene rings is 3. The molecule has 1 aliphatic rings. The number of hydrogen-bond donors (Lipinski definition) is 1. The first-order chi connectivity index (χ1) is 13.1. The molecule has 0 saturated carbocycles. The van der Waals surface area contributed by atoms with Crippen LogP contribution < -0.4 is 15.5 Å². The summed E-state index contributed by atoms with van der Waals surface area (Å²) >= 11 is 0. The second kappa shape index (κ2) is 6.90. The third-order valence-electron chi connectivity index (χ3n) is 4.74. The van der Waals surface area contributed by atoms with Gasteiger partial charge in [-0.25, -0.2) is 4.79 Å². The van der Waals surface area contributed by atoms with E-state index in [-0.39, 0.29) is 6.54 Å². The summed E-state index contributed by atoms with van der Waals surface area (Å²) in [6.45, 7) is 0.0768. The van der Waals surface area contributed by atoms with Gasteiger partial charge in [0.15, 0.2) is 7.14 Å². The second-order valence-electron chi connectivity index (χ2n) is 6.34. The van der Waals surface area contributed by atoms with E-state index >= 15 is 0 Å². The topological polar surface area (TPSA) is 57.6 Å². The van der Waals surface area contributed by atoms with E-state index in [1.54, 1.807) is 6.07 Å². The van der Waals surface area contributed by atoms with Gasteiger partial charge in [0, 0.05) is 15.9 Å². The van der Waals surface area contributed by atoms with E-state index in [0.29, 0.717) is 21.6 Å². The molecule has 0 fully saturated rings. The summed E-state index contributed by atoms with van der Waals surface area (Å²) in [5.41, 5.74) is 1.37. The second-order valence-corrected chi connectivity index (χ2v) is 9.17. The fourth-order valence-electron chi connectivity index (χ4n) is 3.45.